The van der Waals surface area contributed by atoms with Crippen molar-refractivity contribution in [2.75, 3.05) is 0 Å². The van der Waals surface area contributed by atoms with E-state index < -0.39 is 0 Å². The van der Waals surface area contributed by atoms with Crippen LogP contribution in [0.1, 0.15) is 30.7 Å². The third kappa shape index (κ3) is 2.69. The van der Waals surface area contributed by atoms with Crippen molar-refractivity contribution < 1.29 is 4.57 Å². The predicted octanol–water partition coefficient (Wildman–Crippen LogP) is 4.30. The SMILES string of the molecule is CCc1c(CC)[n+](Cc2ccccc2)cc2ccccc12. The van der Waals surface area contributed by atoms with Gasteiger partial charge in [-0.1, -0.05) is 62.4 Å². The summed E-state index contributed by atoms with van der Waals surface area (Å²) in [5, 5.41) is 2.74. The third-order valence-electron chi connectivity index (χ3n) is 4.16. The van der Waals surface area contributed by atoms with E-state index in [0.717, 1.165) is 19.4 Å². The molecule has 1 nitrogen and oxygen atoms in total. The molecule has 1 heterocycles. The molecular formula is C20H22N+. The zero-order chi connectivity index (χ0) is 14.7. The maximum Gasteiger partial charge on any atom is 0.185 e. The van der Waals surface area contributed by atoms with Gasteiger partial charge in [-0.25, -0.2) is 0 Å². The van der Waals surface area contributed by atoms with Gasteiger partial charge in [-0.2, -0.15) is 4.57 Å². The van der Waals surface area contributed by atoms with Crippen molar-refractivity contribution in [3.05, 3.63) is 77.6 Å². The highest BCUT2D eigenvalue weighted by Crippen LogP contribution is 2.21. The van der Waals surface area contributed by atoms with Crippen LogP contribution in [0.2, 0.25) is 0 Å². The zero-order valence-electron chi connectivity index (χ0n) is 12.8. The Hall–Kier alpha value is -2.15. The van der Waals surface area contributed by atoms with Crippen LogP contribution in [0.25, 0.3) is 10.8 Å². The van der Waals surface area contributed by atoms with Gasteiger partial charge in [0, 0.05) is 22.9 Å². The molecule has 0 aliphatic heterocycles. The second kappa shape index (κ2) is 6.09. The molecule has 0 radical (unpaired) electrons. The van der Waals surface area contributed by atoms with E-state index in [0.29, 0.717) is 0 Å². The fourth-order valence-corrected chi connectivity index (χ4v) is 3.19. The van der Waals surface area contributed by atoms with Crippen molar-refractivity contribution in [1.82, 2.24) is 0 Å². The van der Waals surface area contributed by atoms with Gasteiger partial charge >= 0.3 is 0 Å². The molecule has 0 amide bonds. The Morgan fingerprint density at radius 1 is 0.810 bits per heavy atom. The van der Waals surface area contributed by atoms with E-state index in [4.69, 9.17) is 0 Å². The van der Waals surface area contributed by atoms with Gasteiger partial charge in [-0.3, -0.25) is 0 Å². The number of pyridine rings is 1. The maximum atomic E-state index is 2.43. The number of fused-ring (bicyclic) bond motifs is 1. The van der Waals surface area contributed by atoms with Gasteiger partial charge in [-0.05, 0) is 17.9 Å². The van der Waals surface area contributed by atoms with Gasteiger partial charge in [0.05, 0.1) is 0 Å². The lowest BCUT2D eigenvalue weighted by Crippen LogP contribution is -2.39. The van der Waals surface area contributed by atoms with Gasteiger partial charge in [0.25, 0.3) is 0 Å². The lowest BCUT2D eigenvalue weighted by molar-refractivity contribution is -0.694. The van der Waals surface area contributed by atoms with Crippen LogP contribution in [-0.4, -0.2) is 0 Å². The highest BCUT2D eigenvalue weighted by atomic mass is 15.0. The molecule has 0 fully saturated rings. The molecule has 0 bridgehead atoms. The van der Waals surface area contributed by atoms with Crippen LogP contribution in [0.3, 0.4) is 0 Å². The number of aryl methyl sites for hydroxylation is 1. The molecule has 106 valence electrons. The van der Waals surface area contributed by atoms with Crippen molar-refractivity contribution in [1.29, 1.82) is 0 Å². The standard InChI is InChI=1S/C20H22N/c1-3-18-19-13-9-8-12-17(19)15-21(20(18)4-2)14-16-10-6-5-7-11-16/h5-13,15H,3-4,14H2,1-2H3/q+1. The quantitative estimate of drug-likeness (QED) is 0.626. The Bertz CT molecular complexity index is 744. The normalized spacial score (nSPS) is 11.0. The maximum absolute atomic E-state index is 2.43. The van der Waals surface area contributed by atoms with E-state index >= 15 is 0 Å². The van der Waals surface area contributed by atoms with Gasteiger partial charge in [0.2, 0.25) is 0 Å². The summed E-state index contributed by atoms with van der Waals surface area (Å²) in [7, 11) is 0. The Labute approximate surface area is 126 Å². The van der Waals surface area contributed by atoms with Crippen LogP contribution in [0, 0.1) is 0 Å². The molecule has 0 saturated heterocycles. The molecule has 0 aliphatic rings. The third-order valence-corrected chi connectivity index (χ3v) is 4.16. The van der Waals surface area contributed by atoms with Gasteiger partial charge in [0.15, 0.2) is 18.4 Å². The van der Waals surface area contributed by atoms with Crippen LogP contribution in [0.4, 0.5) is 0 Å². The predicted molar refractivity (Wildman–Crippen MR) is 88.4 cm³/mol. The van der Waals surface area contributed by atoms with Crippen LogP contribution in [0.5, 0.6) is 0 Å². The molecule has 21 heavy (non-hydrogen) atoms. The molecule has 0 spiro atoms. The number of benzene rings is 2. The summed E-state index contributed by atoms with van der Waals surface area (Å²) in [4.78, 5) is 0. The van der Waals surface area contributed by atoms with E-state index in [1.807, 2.05) is 0 Å². The van der Waals surface area contributed by atoms with E-state index in [9.17, 15) is 0 Å². The van der Waals surface area contributed by atoms with Crippen molar-refractivity contribution in [3.8, 4) is 0 Å². The molecule has 0 aliphatic carbocycles. The summed E-state index contributed by atoms with van der Waals surface area (Å²) in [6, 6.07) is 19.4. The van der Waals surface area contributed by atoms with E-state index in [2.05, 4.69) is 79.2 Å². The summed E-state index contributed by atoms with van der Waals surface area (Å²) < 4.78 is 2.43. The summed E-state index contributed by atoms with van der Waals surface area (Å²) in [5.74, 6) is 0. The lowest BCUT2D eigenvalue weighted by Gasteiger charge is -2.11. The molecule has 0 saturated carbocycles. The van der Waals surface area contributed by atoms with E-state index in [1.165, 1.54) is 27.6 Å². The minimum absolute atomic E-state index is 0.946. The second-order valence-electron chi connectivity index (χ2n) is 5.46. The molecular weight excluding hydrogens is 254 g/mol. The average molecular weight is 276 g/mol. The summed E-state index contributed by atoms with van der Waals surface area (Å²) >= 11 is 0. The Morgan fingerprint density at radius 3 is 2.24 bits per heavy atom. The number of aromatic nitrogens is 1. The topological polar surface area (TPSA) is 3.88 Å². The molecule has 0 atom stereocenters. The van der Waals surface area contributed by atoms with Gasteiger partial charge in [-0.15, -0.1) is 0 Å². The van der Waals surface area contributed by atoms with Gasteiger partial charge < -0.3 is 0 Å². The van der Waals surface area contributed by atoms with Gasteiger partial charge in [0.1, 0.15) is 0 Å². The number of nitrogens with zero attached hydrogens (tertiary/aromatic N) is 1. The molecule has 1 aromatic heterocycles. The monoisotopic (exact) mass is 276 g/mol. The average Bonchev–Trinajstić information content (AvgIpc) is 2.54. The Kier molecular flexibility index (Phi) is 4.01. The fourth-order valence-electron chi connectivity index (χ4n) is 3.19. The van der Waals surface area contributed by atoms with Crippen molar-refractivity contribution in [2.24, 2.45) is 0 Å². The Balaban J connectivity index is 2.17. The first-order valence-corrected chi connectivity index (χ1v) is 7.80. The van der Waals surface area contributed by atoms with E-state index in [-0.39, 0.29) is 0 Å². The van der Waals surface area contributed by atoms with Crippen LogP contribution in [0.15, 0.2) is 60.8 Å². The molecule has 3 aromatic rings. The largest absolute Gasteiger partial charge is 0.197 e. The lowest BCUT2D eigenvalue weighted by atomic mass is 10.00. The highest BCUT2D eigenvalue weighted by molar-refractivity contribution is 5.84. The fraction of sp³-hybridized carbons (Fsp3) is 0.250. The van der Waals surface area contributed by atoms with Crippen LogP contribution < -0.4 is 4.57 Å². The smallest absolute Gasteiger partial charge is 0.185 e. The first kappa shape index (κ1) is 13.8. The highest BCUT2D eigenvalue weighted by Gasteiger charge is 2.17. The first-order valence-electron chi connectivity index (χ1n) is 7.80. The molecule has 3 rings (SSSR count). The Morgan fingerprint density at radius 2 is 1.52 bits per heavy atom. The molecule has 0 unspecified atom stereocenters. The van der Waals surface area contributed by atoms with Crippen molar-refractivity contribution in [3.63, 3.8) is 0 Å². The van der Waals surface area contributed by atoms with Crippen molar-refractivity contribution >= 4 is 10.8 Å². The second-order valence-corrected chi connectivity index (χ2v) is 5.46. The zero-order valence-corrected chi connectivity index (χ0v) is 12.8. The summed E-state index contributed by atoms with van der Waals surface area (Å²) in [6.45, 7) is 5.46. The minimum Gasteiger partial charge on any atom is -0.197 e. The number of hydrogen-bond donors (Lipinski definition) is 0. The first-order chi connectivity index (χ1) is 10.3. The van der Waals surface area contributed by atoms with Crippen LogP contribution in [-0.2, 0) is 19.4 Å². The molecule has 0 N–H and O–H groups in total. The summed E-state index contributed by atoms with van der Waals surface area (Å²) in [5.41, 5.74) is 4.31. The number of rotatable bonds is 4. The van der Waals surface area contributed by atoms with Crippen molar-refractivity contribution in [2.45, 2.75) is 33.2 Å². The van der Waals surface area contributed by atoms with Crippen LogP contribution >= 0.6 is 0 Å². The number of hydrogen-bond acceptors (Lipinski definition) is 0. The molecule has 2 aromatic carbocycles. The van der Waals surface area contributed by atoms with E-state index in [1.54, 1.807) is 0 Å². The molecule has 1 heteroatoms. The minimum atomic E-state index is 0.946. The summed E-state index contributed by atoms with van der Waals surface area (Å²) in [6.07, 6.45) is 4.46.